The highest BCUT2D eigenvalue weighted by atomic mass is 35.5. The summed E-state index contributed by atoms with van der Waals surface area (Å²) in [5, 5.41) is 14.1. The highest BCUT2D eigenvalue weighted by Crippen LogP contribution is 2.18. The zero-order valence-corrected chi connectivity index (χ0v) is 8.63. The maximum Gasteiger partial charge on any atom is 0.143 e. The fourth-order valence-corrected chi connectivity index (χ4v) is 1.11. The lowest BCUT2D eigenvalue weighted by Gasteiger charge is -2.05. The number of rotatable bonds is 4. The van der Waals surface area contributed by atoms with E-state index in [1.807, 2.05) is 0 Å². The molecule has 0 saturated heterocycles. The Morgan fingerprint density at radius 3 is 2.93 bits per heavy atom. The molecule has 0 aliphatic rings. The van der Waals surface area contributed by atoms with Gasteiger partial charge in [0, 0.05) is 18.7 Å². The topological polar surface area (TPSA) is 70.6 Å². The summed E-state index contributed by atoms with van der Waals surface area (Å²) in [5.41, 5.74) is 5.86. The molecule has 0 aromatic heterocycles. The van der Waals surface area contributed by atoms with E-state index in [0.29, 0.717) is 18.7 Å². The molecule has 82 valence electrons. The summed E-state index contributed by atoms with van der Waals surface area (Å²) in [6, 6.07) is 4.40. The molecule has 0 bridgehead atoms. The number of nitrogens with two attached hydrogens (primary N) is 1. The van der Waals surface area contributed by atoms with E-state index < -0.39 is 5.82 Å². The van der Waals surface area contributed by atoms with Crippen molar-refractivity contribution >= 4 is 23.1 Å². The van der Waals surface area contributed by atoms with E-state index in [4.69, 9.17) is 22.5 Å². The molecule has 0 atom stereocenters. The van der Waals surface area contributed by atoms with Gasteiger partial charge in [-0.2, -0.15) is 0 Å². The number of hydrogen-bond donors (Lipinski definition) is 3. The minimum atomic E-state index is -0.481. The van der Waals surface area contributed by atoms with Crippen molar-refractivity contribution in [1.29, 1.82) is 0 Å². The Kier molecular flexibility index (Phi) is 4.17. The van der Waals surface area contributed by atoms with Crippen molar-refractivity contribution in [1.82, 2.24) is 0 Å². The zero-order chi connectivity index (χ0) is 11.3. The van der Waals surface area contributed by atoms with Crippen LogP contribution in [-0.4, -0.2) is 17.6 Å². The Balaban J connectivity index is 2.48. The Hall–Kier alpha value is -1.49. The van der Waals surface area contributed by atoms with Crippen LogP contribution in [0, 0.1) is 5.82 Å². The summed E-state index contributed by atoms with van der Waals surface area (Å²) in [6.45, 7) is 0.455. The van der Waals surface area contributed by atoms with Gasteiger partial charge in [0.25, 0.3) is 0 Å². The van der Waals surface area contributed by atoms with E-state index in [-0.39, 0.29) is 10.9 Å². The van der Waals surface area contributed by atoms with Crippen LogP contribution >= 0.6 is 11.6 Å². The second-order valence-corrected chi connectivity index (χ2v) is 3.30. The molecule has 1 aromatic rings. The Bertz CT molecular complexity index is 370. The summed E-state index contributed by atoms with van der Waals surface area (Å²) in [7, 11) is 0. The summed E-state index contributed by atoms with van der Waals surface area (Å²) in [4.78, 5) is 0. The number of nitrogens with zero attached hydrogens (tertiary/aromatic N) is 1. The van der Waals surface area contributed by atoms with Gasteiger partial charge in [0.05, 0.1) is 5.02 Å². The fourth-order valence-electron chi connectivity index (χ4n) is 0.991. The van der Waals surface area contributed by atoms with Crippen LogP contribution in [0.5, 0.6) is 0 Å². The second kappa shape index (κ2) is 5.41. The average molecular weight is 232 g/mol. The quantitative estimate of drug-likeness (QED) is 0.321. The first-order valence-corrected chi connectivity index (χ1v) is 4.66. The van der Waals surface area contributed by atoms with E-state index in [1.54, 1.807) is 6.07 Å². The molecule has 0 unspecified atom stereocenters. The molecule has 0 saturated carbocycles. The van der Waals surface area contributed by atoms with Crippen LogP contribution in [0.4, 0.5) is 10.1 Å². The minimum Gasteiger partial charge on any atom is -0.409 e. The third-order valence-corrected chi connectivity index (χ3v) is 2.06. The van der Waals surface area contributed by atoms with Gasteiger partial charge >= 0.3 is 0 Å². The molecular formula is C9H11ClFN3O. The lowest BCUT2D eigenvalue weighted by Crippen LogP contribution is -2.16. The lowest BCUT2D eigenvalue weighted by molar-refractivity contribution is 0.317. The summed E-state index contributed by atoms with van der Waals surface area (Å²) in [6.07, 6.45) is 0.376. The van der Waals surface area contributed by atoms with Crippen molar-refractivity contribution in [3.05, 3.63) is 29.0 Å². The van der Waals surface area contributed by atoms with Gasteiger partial charge in [0.1, 0.15) is 11.7 Å². The summed E-state index contributed by atoms with van der Waals surface area (Å²) in [5.74, 6) is -0.359. The zero-order valence-electron chi connectivity index (χ0n) is 7.87. The van der Waals surface area contributed by atoms with Crippen molar-refractivity contribution in [2.24, 2.45) is 10.9 Å². The van der Waals surface area contributed by atoms with Gasteiger partial charge in [-0.05, 0) is 18.2 Å². The average Bonchev–Trinajstić information content (AvgIpc) is 2.23. The van der Waals surface area contributed by atoms with Crippen molar-refractivity contribution in [2.45, 2.75) is 6.42 Å². The molecule has 0 heterocycles. The molecule has 4 nitrogen and oxygen atoms in total. The normalized spacial score (nSPS) is 11.5. The van der Waals surface area contributed by atoms with Gasteiger partial charge in [0.2, 0.25) is 0 Å². The molecule has 0 fully saturated rings. The highest BCUT2D eigenvalue weighted by molar-refractivity contribution is 6.30. The molecular weight excluding hydrogens is 221 g/mol. The van der Waals surface area contributed by atoms with E-state index in [1.165, 1.54) is 12.1 Å². The molecule has 0 radical (unpaired) electrons. The van der Waals surface area contributed by atoms with E-state index in [9.17, 15) is 4.39 Å². The number of nitrogens with one attached hydrogen (secondary N) is 1. The van der Waals surface area contributed by atoms with E-state index >= 15 is 0 Å². The molecule has 0 aliphatic heterocycles. The van der Waals surface area contributed by atoms with Gasteiger partial charge in [-0.3, -0.25) is 0 Å². The van der Waals surface area contributed by atoms with Gasteiger partial charge in [0.15, 0.2) is 0 Å². The molecule has 1 aromatic carbocycles. The van der Waals surface area contributed by atoms with Gasteiger partial charge in [-0.15, -0.1) is 0 Å². The second-order valence-electron chi connectivity index (χ2n) is 2.90. The SMILES string of the molecule is NC(CCNc1ccc(Cl)c(F)c1)=NO. The van der Waals surface area contributed by atoms with Crippen molar-refractivity contribution in [3.63, 3.8) is 0 Å². The molecule has 4 N–H and O–H groups in total. The molecule has 15 heavy (non-hydrogen) atoms. The third-order valence-electron chi connectivity index (χ3n) is 1.76. The number of amidine groups is 1. The molecule has 0 spiro atoms. The predicted octanol–water partition coefficient (Wildman–Crippen LogP) is 2.03. The van der Waals surface area contributed by atoms with E-state index in [2.05, 4.69) is 10.5 Å². The van der Waals surface area contributed by atoms with E-state index in [0.717, 1.165) is 0 Å². The van der Waals surface area contributed by atoms with Crippen LogP contribution in [0.2, 0.25) is 5.02 Å². The molecule has 0 amide bonds. The Morgan fingerprint density at radius 2 is 2.33 bits per heavy atom. The first-order chi connectivity index (χ1) is 7.13. The lowest BCUT2D eigenvalue weighted by atomic mass is 10.3. The monoisotopic (exact) mass is 231 g/mol. The van der Waals surface area contributed by atoms with Crippen LogP contribution < -0.4 is 11.1 Å². The van der Waals surface area contributed by atoms with Crippen LogP contribution in [0.25, 0.3) is 0 Å². The van der Waals surface area contributed by atoms with Crippen LogP contribution in [-0.2, 0) is 0 Å². The fraction of sp³-hybridized carbons (Fsp3) is 0.222. The molecule has 6 heteroatoms. The highest BCUT2D eigenvalue weighted by Gasteiger charge is 2.00. The predicted molar refractivity (Wildman–Crippen MR) is 57.9 cm³/mol. The smallest absolute Gasteiger partial charge is 0.143 e. The van der Waals surface area contributed by atoms with Gasteiger partial charge in [-0.25, -0.2) is 4.39 Å². The van der Waals surface area contributed by atoms with Gasteiger partial charge in [-0.1, -0.05) is 16.8 Å². The van der Waals surface area contributed by atoms with Gasteiger partial charge < -0.3 is 16.3 Å². The number of oxime groups is 1. The number of hydrogen-bond acceptors (Lipinski definition) is 3. The van der Waals surface area contributed by atoms with Crippen molar-refractivity contribution < 1.29 is 9.60 Å². The largest absolute Gasteiger partial charge is 0.409 e. The Morgan fingerprint density at radius 1 is 1.60 bits per heavy atom. The minimum absolute atomic E-state index is 0.0805. The maximum absolute atomic E-state index is 13.0. The van der Waals surface area contributed by atoms with Crippen LogP contribution in [0.3, 0.4) is 0 Å². The summed E-state index contributed by atoms with van der Waals surface area (Å²) >= 11 is 5.51. The van der Waals surface area contributed by atoms with Crippen LogP contribution in [0.1, 0.15) is 6.42 Å². The molecule has 0 aliphatic carbocycles. The number of anilines is 1. The number of benzene rings is 1. The van der Waals surface area contributed by atoms with Crippen LogP contribution in [0.15, 0.2) is 23.4 Å². The summed E-state index contributed by atoms with van der Waals surface area (Å²) < 4.78 is 13.0. The van der Waals surface area contributed by atoms with Crippen molar-refractivity contribution in [3.8, 4) is 0 Å². The number of halogens is 2. The Labute approximate surface area is 91.5 Å². The molecule has 1 rings (SSSR count). The van der Waals surface area contributed by atoms with Crippen molar-refractivity contribution in [2.75, 3.05) is 11.9 Å². The first kappa shape index (κ1) is 11.6. The first-order valence-electron chi connectivity index (χ1n) is 4.29. The third kappa shape index (κ3) is 3.63. The maximum atomic E-state index is 13.0. The standard InChI is InChI=1S/C9H11ClFN3O/c10-7-2-1-6(5-8(7)11)13-4-3-9(12)14-15/h1-2,5,13,15H,3-4H2,(H2,12,14).